The molecule has 0 aromatic carbocycles. The van der Waals surface area contributed by atoms with Crippen molar-refractivity contribution in [3.63, 3.8) is 0 Å². The Bertz CT molecular complexity index is 345. The van der Waals surface area contributed by atoms with E-state index in [1.165, 1.54) is 0 Å². The number of aliphatic hydroxyl groups is 1. The van der Waals surface area contributed by atoms with Gasteiger partial charge >= 0.3 is 0 Å². The summed E-state index contributed by atoms with van der Waals surface area (Å²) >= 11 is 0. The number of hydrogen-bond acceptors (Lipinski definition) is 3. The molecule has 3 heteroatoms. The molecular weight excluding hydrogens is 190 g/mol. The van der Waals surface area contributed by atoms with Crippen molar-refractivity contribution in [1.82, 2.24) is 4.98 Å². The quantitative estimate of drug-likeness (QED) is 0.823. The van der Waals surface area contributed by atoms with Crippen molar-refractivity contribution in [2.75, 3.05) is 7.11 Å². The van der Waals surface area contributed by atoms with Gasteiger partial charge in [0.15, 0.2) is 0 Å². The Kier molecular flexibility index (Phi) is 4.31. The lowest BCUT2D eigenvalue weighted by atomic mass is 10.1. The molecule has 1 atom stereocenters. The van der Waals surface area contributed by atoms with Crippen LogP contribution in [-0.2, 0) is 0 Å². The van der Waals surface area contributed by atoms with Crippen molar-refractivity contribution in [3.05, 3.63) is 30.1 Å². The molecule has 0 spiro atoms. The smallest absolute Gasteiger partial charge is 0.137 e. The first-order chi connectivity index (χ1) is 7.13. The van der Waals surface area contributed by atoms with E-state index >= 15 is 0 Å². The SMILES string of the molecule is COc1cncc(C(C)=CCC(C)O)c1. The van der Waals surface area contributed by atoms with Crippen molar-refractivity contribution < 1.29 is 9.84 Å². The summed E-state index contributed by atoms with van der Waals surface area (Å²) in [5, 5.41) is 9.16. The number of hydrogen-bond donors (Lipinski definition) is 1. The predicted octanol–water partition coefficient (Wildman–Crippen LogP) is 2.26. The molecule has 1 N–H and O–H groups in total. The van der Waals surface area contributed by atoms with Gasteiger partial charge < -0.3 is 9.84 Å². The average Bonchev–Trinajstić information content (AvgIpc) is 2.26. The van der Waals surface area contributed by atoms with Crippen molar-refractivity contribution in [1.29, 1.82) is 0 Å². The zero-order chi connectivity index (χ0) is 11.3. The third-order valence-electron chi connectivity index (χ3n) is 2.17. The molecule has 1 heterocycles. The Morgan fingerprint density at radius 1 is 1.60 bits per heavy atom. The van der Waals surface area contributed by atoms with Crippen LogP contribution in [0.4, 0.5) is 0 Å². The van der Waals surface area contributed by atoms with Crippen LogP contribution in [0.25, 0.3) is 5.57 Å². The second-order valence-corrected chi connectivity index (χ2v) is 3.59. The summed E-state index contributed by atoms with van der Waals surface area (Å²) in [6.07, 6.45) is 5.81. The zero-order valence-electron chi connectivity index (χ0n) is 9.40. The van der Waals surface area contributed by atoms with E-state index in [1.54, 1.807) is 26.4 Å². The number of pyridine rings is 1. The topological polar surface area (TPSA) is 42.4 Å². The highest BCUT2D eigenvalue weighted by Gasteiger charge is 1.99. The third-order valence-corrected chi connectivity index (χ3v) is 2.17. The van der Waals surface area contributed by atoms with Crippen molar-refractivity contribution >= 4 is 5.57 Å². The van der Waals surface area contributed by atoms with Gasteiger partial charge in [0.1, 0.15) is 5.75 Å². The van der Waals surface area contributed by atoms with E-state index in [2.05, 4.69) is 4.98 Å². The molecule has 0 aliphatic heterocycles. The second-order valence-electron chi connectivity index (χ2n) is 3.59. The predicted molar refractivity (Wildman–Crippen MR) is 60.7 cm³/mol. The molecule has 0 aliphatic rings. The minimum absolute atomic E-state index is 0.307. The molecule has 3 nitrogen and oxygen atoms in total. The van der Waals surface area contributed by atoms with Crippen molar-refractivity contribution in [2.24, 2.45) is 0 Å². The number of ether oxygens (including phenoxy) is 1. The molecule has 0 aliphatic carbocycles. The summed E-state index contributed by atoms with van der Waals surface area (Å²) in [7, 11) is 1.62. The van der Waals surface area contributed by atoms with Gasteiger partial charge in [-0.2, -0.15) is 0 Å². The van der Waals surface area contributed by atoms with Crippen LogP contribution in [-0.4, -0.2) is 23.3 Å². The Morgan fingerprint density at radius 2 is 2.33 bits per heavy atom. The first kappa shape index (κ1) is 11.7. The fourth-order valence-electron chi connectivity index (χ4n) is 1.21. The van der Waals surface area contributed by atoms with Crippen molar-refractivity contribution in [3.8, 4) is 5.75 Å². The summed E-state index contributed by atoms with van der Waals surface area (Å²) < 4.78 is 5.09. The Balaban J connectivity index is 2.81. The number of methoxy groups -OCH3 is 1. The van der Waals surface area contributed by atoms with Gasteiger partial charge in [0.05, 0.1) is 19.4 Å². The van der Waals surface area contributed by atoms with Gasteiger partial charge in [0, 0.05) is 6.20 Å². The molecule has 1 unspecified atom stereocenters. The van der Waals surface area contributed by atoms with Crippen LogP contribution in [0.3, 0.4) is 0 Å². The third kappa shape index (κ3) is 3.72. The van der Waals surface area contributed by atoms with Crippen LogP contribution < -0.4 is 4.74 Å². The molecule has 0 saturated carbocycles. The van der Waals surface area contributed by atoms with E-state index in [9.17, 15) is 0 Å². The Morgan fingerprint density at radius 3 is 2.93 bits per heavy atom. The maximum absolute atomic E-state index is 9.16. The van der Waals surface area contributed by atoms with Gasteiger partial charge in [0.2, 0.25) is 0 Å². The minimum Gasteiger partial charge on any atom is -0.495 e. The zero-order valence-corrected chi connectivity index (χ0v) is 9.40. The lowest BCUT2D eigenvalue weighted by Crippen LogP contribution is -1.96. The monoisotopic (exact) mass is 207 g/mol. The van der Waals surface area contributed by atoms with Crippen LogP contribution >= 0.6 is 0 Å². The fraction of sp³-hybridized carbons (Fsp3) is 0.417. The van der Waals surface area contributed by atoms with Crippen LogP contribution in [0.1, 0.15) is 25.8 Å². The average molecular weight is 207 g/mol. The summed E-state index contributed by atoms with van der Waals surface area (Å²) in [5.41, 5.74) is 2.12. The summed E-state index contributed by atoms with van der Waals surface area (Å²) in [6, 6.07) is 1.93. The Labute approximate surface area is 90.4 Å². The summed E-state index contributed by atoms with van der Waals surface area (Å²) in [6.45, 7) is 3.77. The minimum atomic E-state index is -0.307. The summed E-state index contributed by atoms with van der Waals surface area (Å²) in [4.78, 5) is 4.08. The van der Waals surface area contributed by atoms with Gasteiger partial charge in [-0.1, -0.05) is 6.08 Å². The first-order valence-corrected chi connectivity index (χ1v) is 4.97. The standard InChI is InChI=1S/C12H17NO2/c1-9(4-5-10(2)14)11-6-12(15-3)8-13-7-11/h4,6-8,10,14H,5H2,1-3H3. The fourth-order valence-corrected chi connectivity index (χ4v) is 1.21. The molecule has 0 radical (unpaired) electrons. The molecular formula is C12H17NO2. The van der Waals surface area contributed by atoms with E-state index < -0.39 is 0 Å². The van der Waals surface area contributed by atoms with E-state index in [0.29, 0.717) is 6.42 Å². The molecule has 0 bridgehead atoms. The molecule has 0 amide bonds. The highest BCUT2D eigenvalue weighted by molar-refractivity contribution is 5.63. The molecule has 1 aromatic heterocycles. The molecule has 1 aromatic rings. The van der Waals surface area contributed by atoms with E-state index in [4.69, 9.17) is 9.84 Å². The van der Waals surface area contributed by atoms with E-state index in [1.807, 2.05) is 19.1 Å². The van der Waals surface area contributed by atoms with Crippen LogP contribution in [0, 0.1) is 0 Å². The van der Waals surface area contributed by atoms with Gasteiger partial charge in [-0.15, -0.1) is 0 Å². The first-order valence-electron chi connectivity index (χ1n) is 4.97. The van der Waals surface area contributed by atoms with Gasteiger partial charge in [-0.05, 0) is 37.5 Å². The molecule has 1 rings (SSSR count). The number of allylic oxidation sites excluding steroid dienone is 1. The highest BCUT2D eigenvalue weighted by Crippen LogP contribution is 2.18. The van der Waals surface area contributed by atoms with Crippen LogP contribution in [0.5, 0.6) is 5.75 Å². The molecule has 0 fully saturated rings. The lowest BCUT2D eigenvalue weighted by molar-refractivity contribution is 0.198. The van der Waals surface area contributed by atoms with Crippen LogP contribution in [0.15, 0.2) is 24.5 Å². The maximum atomic E-state index is 9.16. The highest BCUT2D eigenvalue weighted by atomic mass is 16.5. The maximum Gasteiger partial charge on any atom is 0.137 e. The Hall–Kier alpha value is -1.35. The normalized spacial score (nSPS) is 13.7. The van der Waals surface area contributed by atoms with Gasteiger partial charge in [-0.3, -0.25) is 4.98 Å². The number of aliphatic hydroxyl groups excluding tert-OH is 1. The van der Waals surface area contributed by atoms with E-state index in [-0.39, 0.29) is 6.10 Å². The van der Waals surface area contributed by atoms with Crippen molar-refractivity contribution in [2.45, 2.75) is 26.4 Å². The second kappa shape index (κ2) is 5.51. The molecule has 0 saturated heterocycles. The number of rotatable bonds is 4. The molecule has 82 valence electrons. The largest absolute Gasteiger partial charge is 0.495 e. The van der Waals surface area contributed by atoms with Gasteiger partial charge in [-0.25, -0.2) is 0 Å². The van der Waals surface area contributed by atoms with E-state index in [0.717, 1.165) is 16.9 Å². The summed E-state index contributed by atoms with van der Waals surface area (Å²) in [5.74, 6) is 0.747. The number of nitrogens with zero attached hydrogens (tertiary/aromatic N) is 1. The van der Waals surface area contributed by atoms with Gasteiger partial charge in [0.25, 0.3) is 0 Å². The van der Waals surface area contributed by atoms with Crippen LogP contribution in [0.2, 0.25) is 0 Å². The number of aromatic nitrogens is 1. The lowest BCUT2D eigenvalue weighted by Gasteiger charge is -2.05. The molecule has 15 heavy (non-hydrogen) atoms.